The monoisotopic (exact) mass is 194 g/mol. The van der Waals surface area contributed by atoms with Crippen molar-refractivity contribution in [3.63, 3.8) is 0 Å². The summed E-state index contributed by atoms with van der Waals surface area (Å²) >= 11 is 0. The van der Waals surface area contributed by atoms with Crippen LogP contribution < -0.4 is 0 Å². The first-order valence-electron chi connectivity index (χ1n) is 6.72. The summed E-state index contributed by atoms with van der Waals surface area (Å²) in [4.78, 5) is 0. The van der Waals surface area contributed by atoms with Crippen molar-refractivity contribution in [1.82, 2.24) is 0 Å². The zero-order valence-corrected chi connectivity index (χ0v) is 10.2. The van der Waals surface area contributed by atoms with E-state index in [9.17, 15) is 0 Å². The summed E-state index contributed by atoms with van der Waals surface area (Å²) in [5, 5.41) is 0. The van der Waals surface area contributed by atoms with Gasteiger partial charge in [-0.3, -0.25) is 0 Å². The predicted molar refractivity (Wildman–Crippen MR) is 62.2 cm³/mol. The molecule has 0 nitrogen and oxygen atoms in total. The van der Waals surface area contributed by atoms with Gasteiger partial charge in [0.2, 0.25) is 0 Å². The molecular formula is C14H26. The number of hydrogen-bond acceptors (Lipinski definition) is 0. The molecule has 0 radical (unpaired) electrons. The third kappa shape index (κ3) is 1.73. The molecule has 0 saturated heterocycles. The Labute approximate surface area is 89.5 Å². The summed E-state index contributed by atoms with van der Waals surface area (Å²) in [6.45, 7) is 7.22. The van der Waals surface area contributed by atoms with Crippen molar-refractivity contribution in [1.29, 1.82) is 0 Å². The SMILES string of the molecule is CCC(C)C1CCC(C2(CC)CC2)C1. The van der Waals surface area contributed by atoms with E-state index in [1.807, 2.05) is 0 Å². The van der Waals surface area contributed by atoms with Crippen LogP contribution in [0.1, 0.15) is 65.7 Å². The Morgan fingerprint density at radius 3 is 2.43 bits per heavy atom. The van der Waals surface area contributed by atoms with Gasteiger partial charge >= 0.3 is 0 Å². The highest BCUT2D eigenvalue weighted by atomic mass is 14.5. The van der Waals surface area contributed by atoms with E-state index < -0.39 is 0 Å². The second-order valence-electron chi connectivity index (χ2n) is 5.87. The lowest BCUT2D eigenvalue weighted by Gasteiger charge is -2.23. The molecule has 0 aromatic rings. The first kappa shape index (κ1) is 10.5. The molecule has 82 valence electrons. The summed E-state index contributed by atoms with van der Waals surface area (Å²) in [5.41, 5.74) is 0.836. The summed E-state index contributed by atoms with van der Waals surface area (Å²) in [6, 6.07) is 0. The Bertz CT molecular complexity index is 190. The van der Waals surface area contributed by atoms with E-state index in [0.29, 0.717) is 0 Å². The maximum absolute atomic E-state index is 2.46. The fraction of sp³-hybridized carbons (Fsp3) is 1.00. The maximum Gasteiger partial charge on any atom is -0.0271 e. The molecule has 0 heteroatoms. The van der Waals surface area contributed by atoms with E-state index in [2.05, 4.69) is 20.8 Å². The van der Waals surface area contributed by atoms with E-state index in [1.54, 1.807) is 25.7 Å². The van der Waals surface area contributed by atoms with Crippen LogP contribution in [0.5, 0.6) is 0 Å². The minimum absolute atomic E-state index is 0.836. The molecule has 0 heterocycles. The van der Waals surface area contributed by atoms with Crippen LogP contribution in [-0.2, 0) is 0 Å². The van der Waals surface area contributed by atoms with Crippen LogP contribution >= 0.6 is 0 Å². The lowest BCUT2D eigenvalue weighted by Crippen LogP contribution is -2.14. The van der Waals surface area contributed by atoms with Crippen LogP contribution in [0.15, 0.2) is 0 Å². The summed E-state index contributed by atoms with van der Waals surface area (Å²) in [5.74, 6) is 3.15. The van der Waals surface area contributed by atoms with E-state index in [0.717, 1.165) is 23.2 Å². The van der Waals surface area contributed by atoms with Gasteiger partial charge in [-0.05, 0) is 55.3 Å². The highest BCUT2D eigenvalue weighted by Crippen LogP contribution is 2.60. The Balaban J connectivity index is 1.88. The van der Waals surface area contributed by atoms with Crippen molar-refractivity contribution in [2.24, 2.45) is 23.2 Å². The molecule has 14 heavy (non-hydrogen) atoms. The van der Waals surface area contributed by atoms with E-state index in [-0.39, 0.29) is 0 Å². The Morgan fingerprint density at radius 2 is 1.93 bits per heavy atom. The normalized spacial score (nSPS) is 37.1. The molecule has 0 aliphatic heterocycles. The van der Waals surface area contributed by atoms with Crippen molar-refractivity contribution < 1.29 is 0 Å². The Kier molecular flexibility index (Phi) is 2.91. The Morgan fingerprint density at radius 1 is 1.21 bits per heavy atom. The van der Waals surface area contributed by atoms with Crippen LogP contribution in [0.3, 0.4) is 0 Å². The highest BCUT2D eigenvalue weighted by Gasteiger charge is 2.49. The van der Waals surface area contributed by atoms with Gasteiger partial charge < -0.3 is 0 Å². The molecule has 0 bridgehead atoms. The minimum atomic E-state index is 0.836. The molecule has 0 spiro atoms. The van der Waals surface area contributed by atoms with Gasteiger partial charge in [0.05, 0.1) is 0 Å². The molecule has 2 saturated carbocycles. The number of rotatable bonds is 4. The van der Waals surface area contributed by atoms with Gasteiger partial charge in [0.25, 0.3) is 0 Å². The zero-order chi connectivity index (χ0) is 10.2. The van der Waals surface area contributed by atoms with Gasteiger partial charge in [0.1, 0.15) is 0 Å². The van der Waals surface area contributed by atoms with Gasteiger partial charge in [0.15, 0.2) is 0 Å². The molecule has 0 amide bonds. The fourth-order valence-corrected chi connectivity index (χ4v) is 3.63. The molecule has 0 N–H and O–H groups in total. The Hall–Kier alpha value is 0. The van der Waals surface area contributed by atoms with Crippen LogP contribution in [0.4, 0.5) is 0 Å². The second kappa shape index (κ2) is 3.87. The van der Waals surface area contributed by atoms with Gasteiger partial charge in [-0.1, -0.05) is 33.6 Å². The average Bonchev–Trinajstić information content (AvgIpc) is 2.87. The van der Waals surface area contributed by atoms with Crippen molar-refractivity contribution in [2.45, 2.75) is 65.7 Å². The first-order valence-corrected chi connectivity index (χ1v) is 6.72. The maximum atomic E-state index is 2.46. The zero-order valence-electron chi connectivity index (χ0n) is 10.2. The molecule has 0 aromatic carbocycles. The van der Waals surface area contributed by atoms with Gasteiger partial charge in [-0.2, -0.15) is 0 Å². The molecule has 2 aliphatic carbocycles. The lowest BCUT2D eigenvalue weighted by atomic mass is 9.83. The predicted octanol–water partition coefficient (Wildman–Crippen LogP) is 4.64. The van der Waals surface area contributed by atoms with Crippen LogP contribution in [0.2, 0.25) is 0 Å². The largest absolute Gasteiger partial charge is 0.0651 e. The summed E-state index contributed by atoms with van der Waals surface area (Å²) in [6.07, 6.45) is 10.6. The molecule has 3 unspecified atom stereocenters. The molecule has 2 aliphatic rings. The van der Waals surface area contributed by atoms with Crippen LogP contribution in [-0.4, -0.2) is 0 Å². The quantitative estimate of drug-likeness (QED) is 0.611. The lowest BCUT2D eigenvalue weighted by molar-refractivity contribution is 0.272. The van der Waals surface area contributed by atoms with Crippen molar-refractivity contribution in [2.75, 3.05) is 0 Å². The van der Waals surface area contributed by atoms with Crippen LogP contribution in [0.25, 0.3) is 0 Å². The highest BCUT2D eigenvalue weighted by molar-refractivity contribution is 5.00. The van der Waals surface area contributed by atoms with E-state index >= 15 is 0 Å². The number of hydrogen-bond donors (Lipinski definition) is 0. The topological polar surface area (TPSA) is 0 Å². The van der Waals surface area contributed by atoms with Gasteiger partial charge in [-0.15, -0.1) is 0 Å². The van der Waals surface area contributed by atoms with Crippen molar-refractivity contribution >= 4 is 0 Å². The fourth-order valence-electron chi connectivity index (χ4n) is 3.63. The van der Waals surface area contributed by atoms with Crippen LogP contribution in [0, 0.1) is 23.2 Å². The van der Waals surface area contributed by atoms with E-state index in [1.165, 1.54) is 19.3 Å². The third-order valence-corrected chi connectivity index (χ3v) is 5.38. The summed E-state index contributed by atoms with van der Waals surface area (Å²) < 4.78 is 0. The van der Waals surface area contributed by atoms with Crippen molar-refractivity contribution in [3.8, 4) is 0 Å². The minimum Gasteiger partial charge on any atom is -0.0651 e. The first-order chi connectivity index (χ1) is 6.72. The summed E-state index contributed by atoms with van der Waals surface area (Å²) in [7, 11) is 0. The standard InChI is InChI=1S/C14H26/c1-4-11(3)12-6-7-13(10-12)14(5-2)8-9-14/h11-13H,4-10H2,1-3H3. The van der Waals surface area contributed by atoms with Gasteiger partial charge in [0, 0.05) is 0 Å². The molecule has 0 aromatic heterocycles. The smallest absolute Gasteiger partial charge is 0.0271 e. The molecular weight excluding hydrogens is 168 g/mol. The molecule has 3 atom stereocenters. The molecule has 2 fully saturated rings. The van der Waals surface area contributed by atoms with Crippen molar-refractivity contribution in [3.05, 3.63) is 0 Å². The van der Waals surface area contributed by atoms with E-state index in [4.69, 9.17) is 0 Å². The third-order valence-electron chi connectivity index (χ3n) is 5.38. The molecule has 2 rings (SSSR count). The average molecular weight is 194 g/mol. The van der Waals surface area contributed by atoms with Gasteiger partial charge in [-0.25, -0.2) is 0 Å². The second-order valence-corrected chi connectivity index (χ2v) is 5.87.